The van der Waals surface area contributed by atoms with E-state index >= 15 is 0 Å². The third-order valence-electron chi connectivity index (χ3n) is 2.77. The molecule has 1 aromatic carbocycles. The van der Waals surface area contributed by atoms with E-state index in [1.54, 1.807) is 0 Å². The monoisotopic (exact) mass is 262 g/mol. The van der Waals surface area contributed by atoms with Gasteiger partial charge in [-0.3, -0.25) is 4.79 Å². The Kier molecular flexibility index (Phi) is 5.55. The molecule has 0 aliphatic heterocycles. The van der Waals surface area contributed by atoms with Crippen molar-refractivity contribution < 1.29 is 4.79 Å². The molecule has 0 saturated carbocycles. The molecule has 1 aromatic rings. The summed E-state index contributed by atoms with van der Waals surface area (Å²) in [4.78, 5) is 11.7. The third kappa shape index (κ3) is 6.97. The van der Waals surface area contributed by atoms with Crippen LogP contribution in [0.5, 0.6) is 0 Å². The van der Waals surface area contributed by atoms with Gasteiger partial charge >= 0.3 is 0 Å². The summed E-state index contributed by atoms with van der Waals surface area (Å²) in [5, 5.41) is 2.90. The SMILES string of the molecule is CC(C)Cc1ccc(CNC(=O)CC(C)(C)N)cc1. The zero-order chi connectivity index (χ0) is 14.5. The van der Waals surface area contributed by atoms with Crippen LogP contribution in [0.1, 0.15) is 45.2 Å². The van der Waals surface area contributed by atoms with Crippen LogP contribution in [0.15, 0.2) is 24.3 Å². The van der Waals surface area contributed by atoms with Gasteiger partial charge in [0.05, 0.1) is 0 Å². The second-order valence-electron chi connectivity index (χ2n) is 6.36. The summed E-state index contributed by atoms with van der Waals surface area (Å²) in [5.74, 6) is 0.663. The molecule has 0 fully saturated rings. The van der Waals surface area contributed by atoms with E-state index in [1.807, 2.05) is 13.8 Å². The van der Waals surface area contributed by atoms with Gasteiger partial charge < -0.3 is 11.1 Å². The van der Waals surface area contributed by atoms with Gasteiger partial charge in [-0.2, -0.15) is 0 Å². The standard InChI is InChI=1S/C16H26N2O/c1-12(2)9-13-5-7-14(8-6-13)11-18-15(19)10-16(3,4)17/h5-8,12H,9-11,17H2,1-4H3,(H,18,19). The van der Waals surface area contributed by atoms with Crippen LogP contribution in [0.4, 0.5) is 0 Å². The van der Waals surface area contributed by atoms with Crippen LogP contribution < -0.4 is 11.1 Å². The number of hydrogen-bond acceptors (Lipinski definition) is 2. The fourth-order valence-corrected chi connectivity index (χ4v) is 1.94. The van der Waals surface area contributed by atoms with Crippen molar-refractivity contribution in [2.24, 2.45) is 11.7 Å². The molecule has 1 amide bonds. The number of rotatable bonds is 6. The van der Waals surface area contributed by atoms with E-state index < -0.39 is 5.54 Å². The van der Waals surface area contributed by atoms with Gasteiger partial charge in [0.25, 0.3) is 0 Å². The van der Waals surface area contributed by atoms with Crippen LogP contribution in [0, 0.1) is 5.92 Å². The first-order chi connectivity index (χ1) is 8.76. The lowest BCUT2D eigenvalue weighted by atomic mass is 10.0. The van der Waals surface area contributed by atoms with Crippen molar-refractivity contribution >= 4 is 5.91 Å². The zero-order valence-electron chi connectivity index (χ0n) is 12.5. The summed E-state index contributed by atoms with van der Waals surface area (Å²) < 4.78 is 0. The molecule has 0 aliphatic rings. The minimum atomic E-state index is -0.453. The normalized spacial score (nSPS) is 11.7. The topological polar surface area (TPSA) is 55.1 Å². The minimum absolute atomic E-state index is 0.00115. The van der Waals surface area contributed by atoms with Crippen LogP contribution >= 0.6 is 0 Å². The zero-order valence-corrected chi connectivity index (χ0v) is 12.5. The number of carbonyl (C=O) groups excluding carboxylic acids is 1. The lowest BCUT2D eigenvalue weighted by Crippen LogP contribution is -2.38. The molecule has 0 spiro atoms. The van der Waals surface area contributed by atoms with Crippen molar-refractivity contribution in [3.63, 3.8) is 0 Å². The Morgan fingerprint density at radius 3 is 2.21 bits per heavy atom. The Balaban J connectivity index is 2.44. The molecule has 106 valence electrons. The van der Waals surface area contributed by atoms with Gasteiger partial charge in [0.15, 0.2) is 0 Å². The van der Waals surface area contributed by atoms with Crippen molar-refractivity contribution in [2.45, 2.75) is 52.6 Å². The van der Waals surface area contributed by atoms with Gasteiger partial charge in [-0.15, -0.1) is 0 Å². The fourth-order valence-electron chi connectivity index (χ4n) is 1.94. The van der Waals surface area contributed by atoms with Crippen LogP contribution in [0.25, 0.3) is 0 Å². The summed E-state index contributed by atoms with van der Waals surface area (Å²) >= 11 is 0. The highest BCUT2D eigenvalue weighted by Crippen LogP contribution is 2.10. The summed E-state index contributed by atoms with van der Waals surface area (Å²) in [7, 11) is 0. The van der Waals surface area contributed by atoms with E-state index in [0.29, 0.717) is 18.9 Å². The Hall–Kier alpha value is -1.35. The van der Waals surface area contributed by atoms with Gasteiger partial charge in [-0.25, -0.2) is 0 Å². The highest BCUT2D eigenvalue weighted by atomic mass is 16.1. The summed E-state index contributed by atoms with van der Waals surface area (Å²) in [6.07, 6.45) is 1.44. The second-order valence-corrected chi connectivity index (χ2v) is 6.36. The number of amides is 1. The first-order valence-corrected chi connectivity index (χ1v) is 6.89. The second kappa shape index (κ2) is 6.71. The first-order valence-electron chi connectivity index (χ1n) is 6.89. The molecule has 0 saturated heterocycles. The molecule has 1 rings (SSSR count). The minimum Gasteiger partial charge on any atom is -0.352 e. The summed E-state index contributed by atoms with van der Waals surface area (Å²) in [5.41, 5.74) is 7.82. The van der Waals surface area contributed by atoms with Gasteiger partial charge in [-0.1, -0.05) is 38.1 Å². The third-order valence-corrected chi connectivity index (χ3v) is 2.77. The quantitative estimate of drug-likeness (QED) is 0.828. The van der Waals surface area contributed by atoms with Crippen molar-refractivity contribution in [3.8, 4) is 0 Å². The predicted molar refractivity (Wildman–Crippen MR) is 79.7 cm³/mol. The maximum absolute atomic E-state index is 11.7. The molecule has 0 aliphatic carbocycles. The molecule has 0 aromatic heterocycles. The summed E-state index contributed by atoms with van der Waals surface area (Å²) in [6.45, 7) is 8.70. The van der Waals surface area contributed by atoms with Crippen LogP contribution in [0.3, 0.4) is 0 Å². The van der Waals surface area contributed by atoms with E-state index in [9.17, 15) is 4.79 Å². The van der Waals surface area contributed by atoms with Crippen LogP contribution in [-0.4, -0.2) is 11.4 Å². The molecular formula is C16H26N2O. The van der Waals surface area contributed by atoms with E-state index in [2.05, 4.69) is 43.4 Å². The van der Waals surface area contributed by atoms with Crippen molar-refractivity contribution in [1.82, 2.24) is 5.32 Å². The predicted octanol–water partition coefficient (Wildman–Crippen LogP) is 2.63. The molecule has 3 nitrogen and oxygen atoms in total. The molecule has 3 N–H and O–H groups in total. The average molecular weight is 262 g/mol. The molecular weight excluding hydrogens is 236 g/mol. The molecule has 19 heavy (non-hydrogen) atoms. The molecule has 0 bridgehead atoms. The van der Waals surface area contributed by atoms with E-state index in [0.717, 1.165) is 12.0 Å². The van der Waals surface area contributed by atoms with Gasteiger partial charge in [0, 0.05) is 18.5 Å². The van der Waals surface area contributed by atoms with Gasteiger partial charge in [0.1, 0.15) is 0 Å². The Morgan fingerprint density at radius 2 is 1.74 bits per heavy atom. The molecule has 3 heteroatoms. The van der Waals surface area contributed by atoms with Gasteiger partial charge in [-0.05, 0) is 37.3 Å². The first kappa shape index (κ1) is 15.7. The van der Waals surface area contributed by atoms with Crippen LogP contribution in [-0.2, 0) is 17.8 Å². The smallest absolute Gasteiger partial charge is 0.222 e. The Labute approximate surface area is 116 Å². The number of carbonyl (C=O) groups is 1. The number of nitrogens with one attached hydrogen (secondary N) is 1. The summed E-state index contributed by atoms with van der Waals surface area (Å²) in [6, 6.07) is 8.42. The Bertz CT molecular complexity index is 402. The highest BCUT2D eigenvalue weighted by Gasteiger charge is 2.15. The lowest BCUT2D eigenvalue weighted by molar-refractivity contribution is -0.122. The van der Waals surface area contributed by atoms with E-state index in [-0.39, 0.29) is 5.91 Å². The maximum atomic E-state index is 11.7. The van der Waals surface area contributed by atoms with E-state index in [1.165, 1.54) is 5.56 Å². The van der Waals surface area contributed by atoms with Crippen molar-refractivity contribution in [1.29, 1.82) is 0 Å². The molecule has 0 unspecified atom stereocenters. The number of benzene rings is 1. The number of hydrogen-bond donors (Lipinski definition) is 2. The van der Waals surface area contributed by atoms with E-state index in [4.69, 9.17) is 5.73 Å². The highest BCUT2D eigenvalue weighted by molar-refractivity contribution is 5.77. The van der Waals surface area contributed by atoms with Crippen molar-refractivity contribution in [3.05, 3.63) is 35.4 Å². The lowest BCUT2D eigenvalue weighted by Gasteiger charge is -2.17. The molecule has 0 radical (unpaired) electrons. The average Bonchev–Trinajstić information content (AvgIpc) is 2.25. The Morgan fingerprint density at radius 1 is 1.21 bits per heavy atom. The van der Waals surface area contributed by atoms with Gasteiger partial charge in [0.2, 0.25) is 5.91 Å². The molecule has 0 atom stereocenters. The maximum Gasteiger partial charge on any atom is 0.222 e. The fraction of sp³-hybridized carbons (Fsp3) is 0.562. The molecule has 0 heterocycles. The van der Waals surface area contributed by atoms with Crippen molar-refractivity contribution in [2.75, 3.05) is 0 Å². The largest absolute Gasteiger partial charge is 0.352 e. The number of nitrogens with two attached hydrogens (primary N) is 1. The van der Waals surface area contributed by atoms with Crippen LogP contribution in [0.2, 0.25) is 0 Å².